The van der Waals surface area contributed by atoms with E-state index in [0.29, 0.717) is 11.3 Å². The number of alkyl halides is 3. The summed E-state index contributed by atoms with van der Waals surface area (Å²) in [5, 5.41) is 16.7. The summed E-state index contributed by atoms with van der Waals surface area (Å²) < 4.78 is 44.0. The molecule has 0 unspecified atom stereocenters. The molecule has 0 fully saturated rings. The van der Waals surface area contributed by atoms with E-state index in [0.717, 1.165) is 12.1 Å². The molecule has 2 aromatic carbocycles. The van der Waals surface area contributed by atoms with Crippen molar-refractivity contribution in [1.82, 2.24) is 20.6 Å². The van der Waals surface area contributed by atoms with Gasteiger partial charge in [-0.05, 0) is 36.2 Å². The Kier molecular flexibility index (Phi) is 5.57. The van der Waals surface area contributed by atoms with Crippen molar-refractivity contribution in [3.05, 3.63) is 65.5 Å². The Labute approximate surface area is 157 Å². The topological polar surface area (TPSA) is 91.1 Å². The van der Waals surface area contributed by atoms with Crippen LogP contribution in [-0.4, -0.2) is 28.5 Å². The van der Waals surface area contributed by atoms with Gasteiger partial charge < -0.3 is 15.2 Å². The number of rotatable bonds is 6. The molecule has 1 N–H and O–H groups in total. The quantitative estimate of drug-likeness (QED) is 0.696. The summed E-state index contributed by atoms with van der Waals surface area (Å²) in [4.78, 5) is 12.8. The number of aromatic nitrogens is 4. The van der Waals surface area contributed by atoms with Crippen LogP contribution in [0, 0.1) is 0 Å². The molecule has 0 saturated carbocycles. The van der Waals surface area contributed by atoms with Gasteiger partial charge in [-0.2, -0.15) is 18.4 Å². The molecule has 1 atom stereocenters. The van der Waals surface area contributed by atoms with Gasteiger partial charge in [-0.3, -0.25) is 15.1 Å². The smallest absolute Gasteiger partial charge is 0.416 e. The Balaban J connectivity index is 1.86. The van der Waals surface area contributed by atoms with Crippen LogP contribution in [0.3, 0.4) is 0 Å². The minimum atomic E-state index is -4.51. The number of carbonyl (C=O) groups is 1. The first kappa shape index (κ1) is 19.3. The Morgan fingerprint density at radius 1 is 1.21 bits per heavy atom. The highest BCUT2D eigenvalue weighted by Gasteiger charge is 2.31. The van der Waals surface area contributed by atoms with E-state index in [1.54, 1.807) is 24.3 Å². The summed E-state index contributed by atoms with van der Waals surface area (Å²) in [5.74, 6) is -0.872. The summed E-state index contributed by atoms with van der Waals surface area (Å²) in [6.07, 6.45) is -4.36. The Morgan fingerprint density at radius 3 is 2.68 bits per heavy atom. The van der Waals surface area contributed by atoms with Crippen molar-refractivity contribution in [2.75, 3.05) is 12.4 Å². The van der Waals surface area contributed by atoms with Crippen LogP contribution in [0.15, 0.2) is 48.5 Å². The largest absolute Gasteiger partial charge is 0.496 e. The van der Waals surface area contributed by atoms with E-state index >= 15 is 0 Å². The van der Waals surface area contributed by atoms with Crippen molar-refractivity contribution < 1.29 is 22.7 Å². The first-order valence-electron chi connectivity index (χ1n) is 8.17. The van der Waals surface area contributed by atoms with Gasteiger partial charge in [0.1, 0.15) is 5.75 Å². The molecule has 0 aliphatic heterocycles. The average molecular weight is 390 g/mol. The highest BCUT2D eigenvalue weighted by Crippen LogP contribution is 2.31. The van der Waals surface area contributed by atoms with Gasteiger partial charge >= 0.3 is 6.18 Å². The second kappa shape index (κ2) is 8.07. The van der Waals surface area contributed by atoms with E-state index in [2.05, 4.69) is 25.9 Å². The molecule has 10 heteroatoms. The number of anilines is 1. The zero-order chi connectivity index (χ0) is 20.1. The first-order chi connectivity index (χ1) is 13.4. The number of nitrogens with one attached hydrogen (secondary N) is 1. The number of nitrogens with zero attached hydrogens (tertiary/aromatic N) is 4. The maximum atomic E-state index is 12.9. The van der Waals surface area contributed by atoms with Crippen molar-refractivity contribution in [2.45, 2.75) is 18.5 Å². The number of hydrogen-bond acceptors (Lipinski definition) is 5. The van der Waals surface area contributed by atoms with Crippen LogP contribution in [0.4, 0.5) is 18.9 Å². The van der Waals surface area contributed by atoms with Gasteiger partial charge in [-0.25, -0.2) is 0 Å². The summed E-state index contributed by atoms with van der Waals surface area (Å²) in [7, 11) is 1.50. The van der Waals surface area contributed by atoms with E-state index in [9.17, 15) is 18.0 Å². The van der Waals surface area contributed by atoms with E-state index in [-0.39, 0.29) is 17.9 Å². The van der Waals surface area contributed by atoms with Crippen LogP contribution < -0.4 is 15.2 Å². The minimum absolute atomic E-state index is 0.0114. The number of ether oxygens (including phenoxy) is 1. The predicted molar refractivity (Wildman–Crippen MR) is 92.7 cm³/mol. The van der Waals surface area contributed by atoms with Crippen LogP contribution in [0.5, 0.6) is 5.75 Å². The van der Waals surface area contributed by atoms with Gasteiger partial charge in [-0.15, -0.1) is 0 Å². The molecule has 1 aromatic heterocycles. The first-order valence-corrected chi connectivity index (χ1v) is 8.17. The maximum Gasteiger partial charge on any atom is 0.416 e. The zero-order valence-electron chi connectivity index (χ0n) is 14.6. The van der Waals surface area contributed by atoms with E-state index in [1.165, 1.54) is 19.2 Å². The van der Waals surface area contributed by atoms with Gasteiger partial charge in [0.05, 0.1) is 18.6 Å². The second-order valence-corrected chi connectivity index (χ2v) is 5.87. The van der Waals surface area contributed by atoms with Gasteiger partial charge in [-0.1, -0.05) is 24.3 Å². The van der Waals surface area contributed by atoms with Gasteiger partial charge in [0.15, 0.2) is 0 Å². The monoisotopic (exact) mass is 390 g/mol. The normalized spacial score (nSPS) is 12.4. The van der Waals surface area contributed by atoms with Crippen LogP contribution in [0.1, 0.15) is 22.9 Å². The predicted octanol–water partition coefficient (Wildman–Crippen LogP) is 2.82. The molecule has 0 bridgehead atoms. The lowest BCUT2D eigenvalue weighted by molar-refractivity contribution is -0.137. The zero-order valence-corrected chi connectivity index (χ0v) is 14.6. The van der Waals surface area contributed by atoms with E-state index in [4.69, 9.17) is 4.74 Å². The van der Waals surface area contributed by atoms with E-state index < -0.39 is 23.6 Å². The molecule has 7 nitrogen and oxygen atoms in total. The SMILES string of the molecule is COc1ccccc1C[C@@H](C(=O)Nc1cccc(C(F)(F)F)c1)c1nnn[n-]1. The fourth-order valence-electron chi connectivity index (χ4n) is 2.69. The maximum absolute atomic E-state index is 12.9. The molecule has 0 radical (unpaired) electrons. The average Bonchev–Trinajstić information content (AvgIpc) is 3.20. The number of benzene rings is 2. The van der Waals surface area contributed by atoms with Crippen molar-refractivity contribution in [3.8, 4) is 5.75 Å². The summed E-state index contributed by atoms with van der Waals surface area (Å²) in [5.41, 5.74) is -0.143. The Hall–Kier alpha value is -3.43. The molecular weight excluding hydrogens is 375 g/mol. The number of halogens is 3. The number of para-hydroxylation sites is 1. The number of hydrogen-bond donors (Lipinski definition) is 1. The summed E-state index contributed by atoms with van der Waals surface area (Å²) >= 11 is 0. The van der Waals surface area contributed by atoms with Crippen molar-refractivity contribution in [3.63, 3.8) is 0 Å². The van der Waals surface area contributed by atoms with Crippen LogP contribution in [-0.2, 0) is 17.4 Å². The third-order valence-electron chi connectivity index (χ3n) is 4.04. The highest BCUT2D eigenvalue weighted by atomic mass is 19.4. The molecule has 3 aromatic rings. The third kappa shape index (κ3) is 4.45. The number of amides is 1. The second-order valence-electron chi connectivity index (χ2n) is 5.87. The molecule has 3 rings (SSSR count). The van der Waals surface area contributed by atoms with Crippen molar-refractivity contribution in [2.24, 2.45) is 0 Å². The third-order valence-corrected chi connectivity index (χ3v) is 4.04. The Morgan fingerprint density at radius 2 is 2.00 bits per heavy atom. The minimum Gasteiger partial charge on any atom is -0.496 e. The number of carbonyl (C=O) groups excluding carboxylic acids is 1. The van der Waals surface area contributed by atoms with E-state index in [1.807, 2.05) is 0 Å². The summed E-state index contributed by atoms with van der Waals surface area (Å²) in [6, 6.07) is 11.4. The fraction of sp³-hybridized carbons (Fsp3) is 0.222. The number of methoxy groups -OCH3 is 1. The molecule has 0 aliphatic rings. The molecule has 146 valence electrons. The van der Waals surface area contributed by atoms with Gasteiger partial charge in [0.2, 0.25) is 5.91 Å². The Bertz CT molecular complexity index is 944. The lowest BCUT2D eigenvalue weighted by Gasteiger charge is -2.19. The van der Waals surface area contributed by atoms with Crippen LogP contribution in [0.2, 0.25) is 0 Å². The molecule has 0 aliphatic carbocycles. The molecular formula is C18H15F3N5O2-. The molecule has 1 amide bonds. The lowest BCUT2D eigenvalue weighted by atomic mass is 9.97. The highest BCUT2D eigenvalue weighted by molar-refractivity contribution is 5.95. The lowest BCUT2D eigenvalue weighted by Crippen LogP contribution is -2.25. The molecule has 1 heterocycles. The van der Waals surface area contributed by atoms with Crippen LogP contribution >= 0.6 is 0 Å². The van der Waals surface area contributed by atoms with Crippen molar-refractivity contribution in [1.29, 1.82) is 0 Å². The molecule has 0 saturated heterocycles. The summed E-state index contributed by atoms with van der Waals surface area (Å²) in [6.45, 7) is 0. The fourth-order valence-corrected chi connectivity index (χ4v) is 2.69. The van der Waals surface area contributed by atoms with Gasteiger partial charge in [0.25, 0.3) is 0 Å². The standard InChI is InChI=1S/C18H16F3N5O2/c1-28-15-8-3-2-5-11(15)9-14(16-23-25-26-24-16)17(27)22-13-7-4-6-12(10-13)18(19,20)21/h2-8,10,14H,9H2,1H3,(H2,22,23,24,25,26,27)/p-1/t14-/m1/s1. The molecule has 0 spiro atoms. The number of tetrazole rings is 1. The van der Waals surface area contributed by atoms with Crippen LogP contribution in [0.25, 0.3) is 0 Å². The molecule has 28 heavy (non-hydrogen) atoms. The van der Waals surface area contributed by atoms with Gasteiger partial charge in [0, 0.05) is 11.5 Å². The van der Waals surface area contributed by atoms with Crippen molar-refractivity contribution >= 4 is 11.6 Å².